The standard InChI is InChI=1S/C20H16O6/c1-23-11-7-8-12(16(9-11)24-2)14-10-17(21)26-19-13-5-3-4-6-15(13)25-20(22)18(14)19/h3-9,14H,10H2,1-2H3/t14-/m1/s1. The van der Waals surface area contributed by atoms with E-state index < -0.39 is 17.5 Å². The quantitative estimate of drug-likeness (QED) is 0.532. The summed E-state index contributed by atoms with van der Waals surface area (Å²) >= 11 is 0. The largest absolute Gasteiger partial charge is 0.497 e. The van der Waals surface area contributed by atoms with Crippen molar-refractivity contribution in [3.63, 3.8) is 0 Å². The highest BCUT2D eigenvalue weighted by Gasteiger charge is 2.35. The van der Waals surface area contributed by atoms with E-state index in [1.165, 1.54) is 7.11 Å². The predicted octanol–water partition coefficient (Wildman–Crippen LogP) is 3.25. The summed E-state index contributed by atoms with van der Waals surface area (Å²) < 4.78 is 21.6. The summed E-state index contributed by atoms with van der Waals surface area (Å²) in [5, 5.41) is 0.590. The molecule has 6 heteroatoms. The van der Waals surface area contributed by atoms with Crippen molar-refractivity contribution in [2.75, 3.05) is 14.2 Å². The lowest BCUT2D eigenvalue weighted by Crippen LogP contribution is -2.27. The maximum Gasteiger partial charge on any atom is 0.343 e. The van der Waals surface area contributed by atoms with Crippen LogP contribution in [0, 0.1) is 0 Å². The normalized spacial score (nSPS) is 16.1. The van der Waals surface area contributed by atoms with Gasteiger partial charge in [-0.2, -0.15) is 0 Å². The van der Waals surface area contributed by atoms with Crippen LogP contribution in [0.15, 0.2) is 51.7 Å². The highest BCUT2D eigenvalue weighted by atomic mass is 16.5. The number of methoxy groups -OCH3 is 2. The van der Waals surface area contributed by atoms with Crippen LogP contribution >= 0.6 is 0 Å². The second kappa shape index (κ2) is 6.22. The Morgan fingerprint density at radius 2 is 1.85 bits per heavy atom. The van der Waals surface area contributed by atoms with E-state index in [1.54, 1.807) is 49.6 Å². The zero-order valence-corrected chi connectivity index (χ0v) is 14.3. The Morgan fingerprint density at radius 1 is 1.04 bits per heavy atom. The number of carbonyl (C=O) groups is 1. The van der Waals surface area contributed by atoms with Gasteiger partial charge in [-0.3, -0.25) is 4.79 Å². The van der Waals surface area contributed by atoms with Crippen LogP contribution in [0.1, 0.15) is 23.5 Å². The molecule has 0 amide bonds. The molecule has 6 nitrogen and oxygen atoms in total. The van der Waals surface area contributed by atoms with Crippen molar-refractivity contribution in [1.82, 2.24) is 0 Å². The molecule has 0 N–H and O–H groups in total. The molecule has 2 heterocycles. The van der Waals surface area contributed by atoms with Gasteiger partial charge in [-0.15, -0.1) is 0 Å². The van der Waals surface area contributed by atoms with E-state index in [2.05, 4.69) is 0 Å². The summed E-state index contributed by atoms with van der Waals surface area (Å²) in [6.07, 6.45) is 0.0266. The molecule has 1 atom stereocenters. The van der Waals surface area contributed by atoms with Crippen LogP contribution in [-0.4, -0.2) is 20.2 Å². The van der Waals surface area contributed by atoms with Crippen molar-refractivity contribution < 1.29 is 23.4 Å². The number of benzene rings is 2. The van der Waals surface area contributed by atoms with Crippen molar-refractivity contribution >= 4 is 16.9 Å². The number of hydrogen-bond donors (Lipinski definition) is 0. The molecule has 0 radical (unpaired) electrons. The Hall–Kier alpha value is -3.28. The molecule has 3 aromatic rings. The van der Waals surface area contributed by atoms with Gasteiger partial charge in [-0.1, -0.05) is 18.2 Å². The summed E-state index contributed by atoms with van der Waals surface area (Å²) in [5.41, 5.74) is 0.890. The molecule has 0 unspecified atom stereocenters. The number of esters is 1. The minimum absolute atomic E-state index is 0.0266. The number of carbonyl (C=O) groups excluding carboxylic acids is 1. The minimum atomic E-state index is -0.520. The van der Waals surface area contributed by atoms with Crippen LogP contribution in [0.25, 0.3) is 11.0 Å². The number of fused-ring (bicyclic) bond motifs is 3. The van der Waals surface area contributed by atoms with E-state index in [9.17, 15) is 9.59 Å². The molecular formula is C20H16O6. The van der Waals surface area contributed by atoms with Crippen LogP contribution in [0.4, 0.5) is 0 Å². The summed E-state index contributed by atoms with van der Waals surface area (Å²) in [4.78, 5) is 24.9. The van der Waals surface area contributed by atoms with E-state index in [4.69, 9.17) is 18.6 Å². The van der Waals surface area contributed by atoms with Gasteiger partial charge >= 0.3 is 11.6 Å². The van der Waals surface area contributed by atoms with Gasteiger partial charge in [0, 0.05) is 17.5 Å². The van der Waals surface area contributed by atoms with Gasteiger partial charge < -0.3 is 18.6 Å². The minimum Gasteiger partial charge on any atom is -0.497 e. The SMILES string of the molecule is COc1ccc([C@H]2CC(=O)Oc3c2c(=O)oc2ccccc32)c(OC)c1. The van der Waals surface area contributed by atoms with E-state index in [0.29, 0.717) is 33.6 Å². The second-order valence-corrected chi connectivity index (χ2v) is 5.97. The fourth-order valence-corrected chi connectivity index (χ4v) is 3.34. The number of ether oxygens (including phenoxy) is 3. The van der Waals surface area contributed by atoms with Crippen LogP contribution in [-0.2, 0) is 4.79 Å². The molecule has 1 aromatic heterocycles. The number of rotatable bonds is 3. The Morgan fingerprint density at radius 3 is 2.62 bits per heavy atom. The maximum atomic E-state index is 12.7. The molecule has 1 aliphatic rings. The first kappa shape index (κ1) is 16.2. The molecular weight excluding hydrogens is 336 g/mol. The Bertz CT molecular complexity index is 1070. The topological polar surface area (TPSA) is 75.0 Å². The summed E-state index contributed by atoms with van der Waals surface area (Å²) in [7, 11) is 3.09. The lowest BCUT2D eigenvalue weighted by molar-refractivity contribution is -0.135. The molecule has 1 aliphatic heterocycles. The highest BCUT2D eigenvalue weighted by molar-refractivity contribution is 5.90. The predicted molar refractivity (Wildman–Crippen MR) is 94.1 cm³/mol. The van der Waals surface area contributed by atoms with Crippen LogP contribution in [0.5, 0.6) is 17.2 Å². The van der Waals surface area contributed by atoms with E-state index >= 15 is 0 Å². The highest BCUT2D eigenvalue weighted by Crippen LogP contribution is 2.43. The van der Waals surface area contributed by atoms with Crippen LogP contribution in [0.2, 0.25) is 0 Å². The zero-order chi connectivity index (χ0) is 18.3. The third-order valence-corrected chi connectivity index (χ3v) is 4.55. The van der Waals surface area contributed by atoms with Gasteiger partial charge in [0.05, 0.1) is 31.6 Å². The van der Waals surface area contributed by atoms with Gasteiger partial charge in [-0.05, 0) is 18.2 Å². The first-order valence-corrected chi connectivity index (χ1v) is 8.10. The number of hydrogen-bond acceptors (Lipinski definition) is 6. The number of para-hydroxylation sites is 1. The van der Waals surface area contributed by atoms with Gasteiger partial charge in [0.2, 0.25) is 0 Å². The first-order valence-electron chi connectivity index (χ1n) is 8.10. The maximum absolute atomic E-state index is 12.7. The van der Waals surface area contributed by atoms with Crippen molar-refractivity contribution in [2.45, 2.75) is 12.3 Å². The molecule has 0 aliphatic carbocycles. The van der Waals surface area contributed by atoms with Gasteiger partial charge in [0.1, 0.15) is 17.1 Å². The second-order valence-electron chi connectivity index (χ2n) is 5.97. The molecule has 0 spiro atoms. The van der Waals surface area contributed by atoms with Crippen LogP contribution < -0.4 is 19.8 Å². The summed E-state index contributed by atoms with van der Waals surface area (Å²) in [6.45, 7) is 0. The molecule has 132 valence electrons. The monoisotopic (exact) mass is 352 g/mol. The van der Waals surface area contributed by atoms with E-state index in [-0.39, 0.29) is 12.2 Å². The molecule has 0 saturated carbocycles. The van der Waals surface area contributed by atoms with E-state index in [1.807, 2.05) is 0 Å². The van der Waals surface area contributed by atoms with Crippen molar-refractivity contribution in [3.05, 3.63) is 64.0 Å². The van der Waals surface area contributed by atoms with Crippen molar-refractivity contribution in [1.29, 1.82) is 0 Å². The molecule has 0 bridgehead atoms. The lowest BCUT2D eigenvalue weighted by atomic mass is 9.86. The lowest BCUT2D eigenvalue weighted by Gasteiger charge is -2.25. The average Bonchev–Trinajstić information content (AvgIpc) is 2.66. The Balaban J connectivity index is 1.98. The van der Waals surface area contributed by atoms with Gasteiger partial charge in [0.25, 0.3) is 0 Å². The fourth-order valence-electron chi connectivity index (χ4n) is 3.34. The Kier molecular flexibility index (Phi) is 3.88. The third-order valence-electron chi connectivity index (χ3n) is 4.55. The van der Waals surface area contributed by atoms with Crippen molar-refractivity contribution in [2.24, 2.45) is 0 Å². The van der Waals surface area contributed by atoms with Gasteiger partial charge in [0.15, 0.2) is 5.75 Å². The molecule has 0 saturated heterocycles. The first-order chi connectivity index (χ1) is 12.6. The third kappa shape index (κ3) is 2.50. The molecule has 26 heavy (non-hydrogen) atoms. The van der Waals surface area contributed by atoms with Crippen LogP contribution in [0.3, 0.4) is 0 Å². The fraction of sp³-hybridized carbons (Fsp3) is 0.200. The molecule has 4 rings (SSSR count). The Labute approximate surface area is 148 Å². The average molecular weight is 352 g/mol. The summed E-state index contributed by atoms with van der Waals surface area (Å²) in [6, 6.07) is 12.3. The molecule has 0 fully saturated rings. The smallest absolute Gasteiger partial charge is 0.343 e. The van der Waals surface area contributed by atoms with Gasteiger partial charge in [-0.25, -0.2) is 4.79 Å². The molecule has 2 aromatic carbocycles. The zero-order valence-electron chi connectivity index (χ0n) is 14.3. The van der Waals surface area contributed by atoms with E-state index in [0.717, 1.165) is 0 Å². The summed E-state index contributed by atoms with van der Waals surface area (Å²) in [5.74, 6) is 0.484. The van der Waals surface area contributed by atoms with Crippen molar-refractivity contribution in [3.8, 4) is 17.2 Å².